The number of carbonyl (C=O) groups is 4. The molecule has 0 amide bonds. The number of likely N-dealkylation sites (N-methyl/N-ethyl adjacent to an activating group) is 1. The SMILES string of the molecule is CN1CC[C@]23c4c5ccc(O)c4O[C@H]2C(OC(=O)CCC(=O)O[C@@H](CC(=O)O)C(=O)O)=CC[C@@]3(O)[C@H]1C5. The lowest BCUT2D eigenvalue weighted by Gasteiger charge is -2.61. The smallest absolute Gasteiger partial charge is 0.345 e. The largest absolute Gasteiger partial charge is 0.504 e. The molecule has 1 spiro atoms. The quantitative estimate of drug-likeness (QED) is 0.351. The minimum atomic E-state index is -1.87. The first-order valence-electron chi connectivity index (χ1n) is 12.0. The summed E-state index contributed by atoms with van der Waals surface area (Å²) in [6.07, 6.45) is -1.73. The molecule has 2 aliphatic heterocycles. The predicted molar refractivity (Wildman–Crippen MR) is 122 cm³/mol. The molecule has 1 aromatic rings. The summed E-state index contributed by atoms with van der Waals surface area (Å²) >= 11 is 0. The Hall–Kier alpha value is -3.64. The summed E-state index contributed by atoms with van der Waals surface area (Å²) in [5.74, 6) is -4.54. The topological polar surface area (TPSA) is 180 Å². The Kier molecular flexibility index (Phi) is 5.91. The van der Waals surface area contributed by atoms with Gasteiger partial charge in [-0.05, 0) is 44.1 Å². The van der Waals surface area contributed by atoms with Crippen molar-refractivity contribution in [1.29, 1.82) is 0 Å². The van der Waals surface area contributed by atoms with E-state index < -0.39 is 66.4 Å². The van der Waals surface area contributed by atoms with Crippen molar-refractivity contribution in [1.82, 2.24) is 4.90 Å². The van der Waals surface area contributed by atoms with Crippen molar-refractivity contribution < 1.29 is 53.8 Å². The highest BCUT2D eigenvalue weighted by molar-refractivity contribution is 5.84. The number of benzene rings is 1. The van der Waals surface area contributed by atoms with Gasteiger partial charge in [-0.25, -0.2) is 4.79 Å². The van der Waals surface area contributed by atoms with Gasteiger partial charge in [0.2, 0.25) is 6.10 Å². The number of carbonyl (C=O) groups excluding carboxylic acids is 2. The van der Waals surface area contributed by atoms with E-state index in [1.165, 1.54) is 0 Å². The highest BCUT2D eigenvalue weighted by Gasteiger charge is 2.72. The molecule has 0 radical (unpaired) electrons. The molecule has 0 saturated carbocycles. The van der Waals surface area contributed by atoms with Gasteiger partial charge in [-0.15, -0.1) is 0 Å². The van der Waals surface area contributed by atoms with Gasteiger partial charge in [-0.2, -0.15) is 0 Å². The second kappa shape index (κ2) is 8.73. The van der Waals surface area contributed by atoms with Crippen molar-refractivity contribution in [2.24, 2.45) is 0 Å². The fraction of sp³-hybridized carbons (Fsp3) is 0.520. The van der Waals surface area contributed by atoms with Crippen molar-refractivity contribution in [3.8, 4) is 11.5 Å². The summed E-state index contributed by atoms with van der Waals surface area (Å²) in [6, 6.07) is 3.18. The predicted octanol–water partition coefficient (Wildman–Crippen LogP) is 0.464. The second-order valence-electron chi connectivity index (χ2n) is 9.99. The lowest BCUT2D eigenvalue weighted by molar-refractivity contribution is -0.171. The van der Waals surface area contributed by atoms with E-state index in [1.54, 1.807) is 12.1 Å². The van der Waals surface area contributed by atoms with E-state index in [0.717, 1.165) is 11.1 Å². The third kappa shape index (κ3) is 3.74. The number of aromatic hydroxyl groups is 1. The molecule has 1 fully saturated rings. The Balaban J connectivity index is 1.34. The van der Waals surface area contributed by atoms with E-state index in [-0.39, 0.29) is 29.7 Å². The molecule has 37 heavy (non-hydrogen) atoms. The summed E-state index contributed by atoms with van der Waals surface area (Å²) in [5, 5.41) is 40.4. The lowest BCUT2D eigenvalue weighted by atomic mass is 9.50. The average molecular weight is 517 g/mol. The van der Waals surface area contributed by atoms with Crippen molar-refractivity contribution in [3.05, 3.63) is 35.1 Å². The maximum Gasteiger partial charge on any atom is 0.345 e. The molecule has 0 aromatic heterocycles. The van der Waals surface area contributed by atoms with Crippen LogP contribution in [-0.4, -0.2) is 86.6 Å². The van der Waals surface area contributed by atoms with Crippen molar-refractivity contribution >= 4 is 23.9 Å². The van der Waals surface area contributed by atoms with Crippen molar-refractivity contribution in [2.75, 3.05) is 13.6 Å². The van der Waals surface area contributed by atoms with Crippen LogP contribution >= 0.6 is 0 Å². The first-order valence-corrected chi connectivity index (χ1v) is 12.0. The van der Waals surface area contributed by atoms with Crippen LogP contribution in [0.1, 0.15) is 43.2 Å². The number of phenols is 1. The number of aliphatic carboxylic acids is 2. The molecule has 4 aliphatic rings. The number of ether oxygens (including phenoxy) is 3. The van der Waals surface area contributed by atoms with Gasteiger partial charge in [0.1, 0.15) is 5.76 Å². The van der Waals surface area contributed by atoms with Gasteiger partial charge in [0.15, 0.2) is 17.6 Å². The van der Waals surface area contributed by atoms with Crippen LogP contribution in [0.5, 0.6) is 11.5 Å². The van der Waals surface area contributed by atoms with Crippen LogP contribution in [0.3, 0.4) is 0 Å². The Labute approximate surface area is 211 Å². The molecule has 4 N–H and O–H groups in total. The number of esters is 2. The van der Waals surface area contributed by atoms with Crippen LogP contribution in [0.25, 0.3) is 0 Å². The fourth-order valence-electron chi connectivity index (χ4n) is 6.38. The monoisotopic (exact) mass is 517 g/mol. The molecule has 1 aromatic carbocycles. The molecular weight excluding hydrogens is 490 g/mol. The summed E-state index contributed by atoms with van der Waals surface area (Å²) in [5.41, 5.74) is -0.443. The van der Waals surface area contributed by atoms with Crippen LogP contribution in [-0.2, 0) is 40.5 Å². The van der Waals surface area contributed by atoms with Gasteiger partial charge in [0.25, 0.3) is 0 Å². The number of carboxylic acids is 2. The molecule has 198 valence electrons. The van der Waals surface area contributed by atoms with E-state index in [4.69, 9.17) is 19.7 Å². The highest BCUT2D eigenvalue weighted by Crippen LogP contribution is 2.65. The Morgan fingerprint density at radius 2 is 1.92 bits per heavy atom. The maximum absolute atomic E-state index is 12.6. The third-order valence-corrected chi connectivity index (χ3v) is 8.03. The zero-order valence-electron chi connectivity index (χ0n) is 20.0. The second-order valence-corrected chi connectivity index (χ2v) is 9.99. The summed E-state index contributed by atoms with van der Waals surface area (Å²) in [6.45, 7) is 0.662. The number of aliphatic hydroxyl groups is 1. The van der Waals surface area contributed by atoms with Gasteiger partial charge in [-0.3, -0.25) is 14.4 Å². The Morgan fingerprint density at radius 3 is 2.62 bits per heavy atom. The normalized spacial score (nSPS) is 29.8. The standard InChI is InChI=1S/C25H27NO11/c1-26-9-8-24-20-12-2-3-13(27)21(20)37-22(24)14(6-7-25(24,34)16(26)10-12)35-18(30)4-5-19(31)36-15(23(32)33)11-17(28)29/h2-3,6,15-16,22,27,34H,4-5,7-11H2,1H3,(H,28,29)(H,32,33)/t15-,16+,22-,24-,25+/m0/s1. The average Bonchev–Trinajstić information content (AvgIpc) is 3.19. The molecule has 2 aliphatic carbocycles. The van der Waals surface area contributed by atoms with Gasteiger partial charge < -0.3 is 39.5 Å². The maximum atomic E-state index is 12.6. The van der Waals surface area contributed by atoms with Crippen LogP contribution in [0, 0.1) is 0 Å². The minimum absolute atomic E-state index is 0.0648. The number of hydrogen-bond acceptors (Lipinski definition) is 10. The highest BCUT2D eigenvalue weighted by atomic mass is 16.6. The lowest BCUT2D eigenvalue weighted by Crippen LogP contribution is -2.74. The Morgan fingerprint density at radius 1 is 1.19 bits per heavy atom. The minimum Gasteiger partial charge on any atom is -0.504 e. The van der Waals surface area contributed by atoms with Gasteiger partial charge in [-0.1, -0.05) is 6.07 Å². The fourth-order valence-corrected chi connectivity index (χ4v) is 6.38. The molecule has 12 heteroatoms. The number of hydrogen-bond donors (Lipinski definition) is 4. The first kappa shape index (κ1) is 25.0. The number of carboxylic acid groups (broad SMARTS) is 2. The van der Waals surface area contributed by atoms with Crippen LogP contribution in [0.2, 0.25) is 0 Å². The third-order valence-electron chi connectivity index (χ3n) is 8.03. The van der Waals surface area contributed by atoms with E-state index in [0.29, 0.717) is 19.4 Å². The zero-order chi connectivity index (χ0) is 26.7. The zero-order valence-corrected chi connectivity index (χ0v) is 20.0. The summed E-state index contributed by atoms with van der Waals surface area (Å²) < 4.78 is 16.4. The van der Waals surface area contributed by atoms with E-state index in [1.807, 2.05) is 13.1 Å². The van der Waals surface area contributed by atoms with Gasteiger partial charge in [0.05, 0.1) is 30.3 Å². The summed E-state index contributed by atoms with van der Waals surface area (Å²) in [4.78, 5) is 48.6. The molecular formula is C25H27NO11. The molecule has 2 heterocycles. The number of piperidine rings is 1. The molecule has 2 bridgehead atoms. The number of likely N-dealkylation sites (tertiary alicyclic amines) is 1. The number of rotatable bonds is 8. The van der Waals surface area contributed by atoms with Crippen LogP contribution in [0.4, 0.5) is 0 Å². The summed E-state index contributed by atoms with van der Waals surface area (Å²) in [7, 11) is 1.95. The van der Waals surface area contributed by atoms with Crippen molar-refractivity contribution in [3.63, 3.8) is 0 Å². The van der Waals surface area contributed by atoms with E-state index in [9.17, 15) is 29.4 Å². The van der Waals surface area contributed by atoms with Crippen LogP contribution in [0.15, 0.2) is 24.0 Å². The van der Waals surface area contributed by atoms with E-state index >= 15 is 0 Å². The van der Waals surface area contributed by atoms with Gasteiger partial charge >= 0.3 is 23.9 Å². The Bertz CT molecular complexity index is 1230. The van der Waals surface area contributed by atoms with Crippen LogP contribution < -0.4 is 4.74 Å². The van der Waals surface area contributed by atoms with Crippen molar-refractivity contribution in [2.45, 2.75) is 67.8 Å². The molecule has 1 saturated heterocycles. The van der Waals surface area contributed by atoms with Gasteiger partial charge in [0, 0.05) is 18.0 Å². The molecule has 0 unspecified atom stereocenters. The first-order chi connectivity index (χ1) is 17.5. The van der Waals surface area contributed by atoms with E-state index in [2.05, 4.69) is 9.64 Å². The number of phenolic OH excluding ortho intramolecular Hbond substituents is 1. The molecule has 12 nitrogen and oxygen atoms in total. The molecule has 5 atom stereocenters. The molecule has 5 rings (SSSR count). The number of nitrogens with zero attached hydrogens (tertiary/aromatic N) is 1.